The van der Waals surface area contributed by atoms with Gasteiger partial charge >= 0.3 is 11.9 Å². The number of fused-ring (bicyclic) bond motifs is 1. The Hall–Kier alpha value is -1.12. The zero-order valence-corrected chi connectivity index (χ0v) is 7.69. The first-order chi connectivity index (χ1) is 6.11. The lowest BCUT2D eigenvalue weighted by Gasteiger charge is -2.26. The summed E-state index contributed by atoms with van der Waals surface area (Å²) in [6.07, 6.45) is 3.98. The first-order valence-corrected chi connectivity index (χ1v) is 4.55. The van der Waals surface area contributed by atoms with Crippen LogP contribution < -0.4 is 0 Å². The summed E-state index contributed by atoms with van der Waals surface area (Å²) in [7, 11) is 0. The third kappa shape index (κ3) is 1.10. The van der Waals surface area contributed by atoms with Crippen LogP contribution in [0.4, 0.5) is 0 Å². The molecule has 2 aliphatic rings. The fourth-order valence-corrected chi connectivity index (χ4v) is 2.20. The summed E-state index contributed by atoms with van der Waals surface area (Å²) in [6, 6.07) is 0. The highest BCUT2D eigenvalue weighted by Gasteiger charge is 2.49. The third-order valence-corrected chi connectivity index (χ3v) is 2.98. The predicted octanol–water partition coefficient (Wildman–Crippen LogP) is 1.14. The van der Waals surface area contributed by atoms with E-state index in [0.717, 1.165) is 0 Å². The van der Waals surface area contributed by atoms with E-state index in [4.69, 9.17) is 0 Å². The molecule has 0 amide bonds. The Morgan fingerprint density at radius 3 is 1.77 bits per heavy atom. The maximum Gasteiger partial charge on any atom is 0.318 e. The molecule has 3 heteroatoms. The average molecular weight is 180 g/mol. The molecule has 1 saturated heterocycles. The number of hydrogen-bond acceptors (Lipinski definition) is 3. The smallest absolute Gasteiger partial charge is 0.318 e. The van der Waals surface area contributed by atoms with Gasteiger partial charge in [0, 0.05) is 0 Å². The Balaban J connectivity index is 2.38. The van der Waals surface area contributed by atoms with Crippen LogP contribution in [0.25, 0.3) is 0 Å². The minimum Gasteiger partial charge on any atom is -0.393 e. The van der Waals surface area contributed by atoms with Crippen molar-refractivity contribution in [3.63, 3.8) is 0 Å². The molecule has 0 spiro atoms. The zero-order chi connectivity index (χ0) is 9.59. The Morgan fingerprint density at radius 1 is 1.00 bits per heavy atom. The molecule has 1 heterocycles. The fourth-order valence-electron chi connectivity index (χ4n) is 2.20. The van der Waals surface area contributed by atoms with E-state index in [-0.39, 0.29) is 35.6 Å². The second kappa shape index (κ2) is 2.69. The molecular weight excluding hydrogens is 168 g/mol. The lowest BCUT2D eigenvalue weighted by Crippen LogP contribution is -2.31. The van der Waals surface area contributed by atoms with Crippen molar-refractivity contribution in [2.75, 3.05) is 0 Å². The first kappa shape index (κ1) is 8.48. The summed E-state index contributed by atoms with van der Waals surface area (Å²) in [6.45, 7) is 3.89. The molecule has 0 saturated carbocycles. The first-order valence-electron chi connectivity index (χ1n) is 4.55. The Labute approximate surface area is 76.8 Å². The van der Waals surface area contributed by atoms with Crippen LogP contribution in [-0.2, 0) is 14.3 Å². The van der Waals surface area contributed by atoms with E-state index in [1.54, 1.807) is 0 Å². The molecule has 0 radical (unpaired) electrons. The molecule has 2 rings (SSSR count). The van der Waals surface area contributed by atoms with Crippen molar-refractivity contribution in [2.45, 2.75) is 13.8 Å². The SMILES string of the molecule is CC1C=CC(C)[C@@H]2C(=O)OC(=O)[C@H]12. The normalized spacial score (nSPS) is 43.2. The van der Waals surface area contributed by atoms with Gasteiger partial charge in [-0.1, -0.05) is 26.0 Å². The minimum absolute atomic E-state index is 0.125. The molecule has 2 unspecified atom stereocenters. The van der Waals surface area contributed by atoms with Crippen LogP contribution in [0.5, 0.6) is 0 Å². The molecular formula is C10H12O3. The van der Waals surface area contributed by atoms with Crippen molar-refractivity contribution < 1.29 is 14.3 Å². The van der Waals surface area contributed by atoms with Gasteiger partial charge in [0.05, 0.1) is 11.8 Å². The molecule has 0 aromatic carbocycles. The number of carbonyl (C=O) groups excluding carboxylic acids is 2. The predicted molar refractivity (Wildman–Crippen MR) is 45.5 cm³/mol. The van der Waals surface area contributed by atoms with Gasteiger partial charge in [0.1, 0.15) is 0 Å². The highest BCUT2D eigenvalue weighted by molar-refractivity contribution is 5.97. The largest absolute Gasteiger partial charge is 0.393 e. The van der Waals surface area contributed by atoms with Crippen molar-refractivity contribution in [3.05, 3.63) is 12.2 Å². The summed E-state index contributed by atoms with van der Waals surface area (Å²) < 4.78 is 4.63. The van der Waals surface area contributed by atoms with E-state index < -0.39 is 0 Å². The molecule has 1 aliphatic carbocycles. The number of ether oxygens (including phenoxy) is 1. The number of esters is 2. The van der Waals surface area contributed by atoms with Gasteiger partial charge < -0.3 is 4.74 Å². The lowest BCUT2D eigenvalue weighted by atomic mass is 9.73. The Bertz CT molecular complexity index is 265. The van der Waals surface area contributed by atoms with Crippen molar-refractivity contribution in [1.29, 1.82) is 0 Å². The van der Waals surface area contributed by atoms with E-state index in [2.05, 4.69) is 4.74 Å². The maximum absolute atomic E-state index is 11.3. The fraction of sp³-hybridized carbons (Fsp3) is 0.600. The monoisotopic (exact) mass is 180 g/mol. The van der Waals surface area contributed by atoms with E-state index >= 15 is 0 Å². The molecule has 1 aliphatic heterocycles. The number of allylic oxidation sites excluding steroid dienone is 2. The topological polar surface area (TPSA) is 43.4 Å². The highest BCUT2D eigenvalue weighted by atomic mass is 16.6. The summed E-state index contributed by atoms with van der Waals surface area (Å²) in [4.78, 5) is 22.6. The highest BCUT2D eigenvalue weighted by Crippen LogP contribution is 2.39. The van der Waals surface area contributed by atoms with E-state index in [0.29, 0.717) is 0 Å². The molecule has 13 heavy (non-hydrogen) atoms. The molecule has 0 bridgehead atoms. The number of rotatable bonds is 0. The van der Waals surface area contributed by atoms with Crippen LogP contribution >= 0.6 is 0 Å². The van der Waals surface area contributed by atoms with Crippen molar-refractivity contribution in [3.8, 4) is 0 Å². The summed E-state index contributed by atoms with van der Waals surface area (Å²) >= 11 is 0. The molecule has 0 aromatic rings. The van der Waals surface area contributed by atoms with Crippen molar-refractivity contribution in [2.24, 2.45) is 23.7 Å². The van der Waals surface area contributed by atoms with Crippen molar-refractivity contribution in [1.82, 2.24) is 0 Å². The summed E-state index contributed by atoms with van der Waals surface area (Å²) in [5, 5.41) is 0. The van der Waals surface area contributed by atoms with Crippen LogP contribution in [0.1, 0.15) is 13.8 Å². The number of cyclic esters (lactones) is 2. The van der Waals surface area contributed by atoms with Gasteiger partial charge in [-0.25, -0.2) is 0 Å². The molecule has 70 valence electrons. The van der Waals surface area contributed by atoms with Crippen molar-refractivity contribution >= 4 is 11.9 Å². The number of hydrogen-bond donors (Lipinski definition) is 0. The Kier molecular flexibility index (Phi) is 1.75. The van der Waals surface area contributed by atoms with Gasteiger partial charge in [-0.05, 0) is 11.8 Å². The van der Waals surface area contributed by atoms with Crippen LogP contribution in [0.15, 0.2) is 12.2 Å². The van der Waals surface area contributed by atoms with Crippen LogP contribution in [0, 0.1) is 23.7 Å². The summed E-state index contributed by atoms with van der Waals surface area (Å²) in [5.41, 5.74) is 0. The zero-order valence-electron chi connectivity index (χ0n) is 7.69. The average Bonchev–Trinajstić information content (AvgIpc) is 2.36. The van der Waals surface area contributed by atoms with Crippen LogP contribution in [-0.4, -0.2) is 11.9 Å². The second-order valence-corrected chi connectivity index (χ2v) is 3.89. The lowest BCUT2D eigenvalue weighted by molar-refractivity contribution is -0.154. The van der Waals surface area contributed by atoms with Gasteiger partial charge in [0.15, 0.2) is 0 Å². The second-order valence-electron chi connectivity index (χ2n) is 3.89. The third-order valence-electron chi connectivity index (χ3n) is 2.98. The van der Waals surface area contributed by atoms with Crippen LogP contribution in [0.2, 0.25) is 0 Å². The minimum atomic E-state index is -0.348. The van der Waals surface area contributed by atoms with Crippen LogP contribution in [0.3, 0.4) is 0 Å². The molecule has 4 atom stereocenters. The van der Waals surface area contributed by atoms with E-state index in [9.17, 15) is 9.59 Å². The van der Waals surface area contributed by atoms with Gasteiger partial charge in [-0.3, -0.25) is 9.59 Å². The van der Waals surface area contributed by atoms with E-state index in [1.165, 1.54) is 0 Å². The summed E-state index contributed by atoms with van der Waals surface area (Å²) in [5.74, 6) is -0.933. The number of carbonyl (C=O) groups is 2. The maximum atomic E-state index is 11.3. The molecule has 0 N–H and O–H groups in total. The van der Waals surface area contributed by atoms with E-state index in [1.807, 2.05) is 26.0 Å². The standard InChI is InChI=1S/C10H12O3/c1-5-3-4-6(2)8-7(5)9(11)13-10(8)12/h3-8H,1-2H3/t5?,6?,7-,8+. The van der Waals surface area contributed by atoms with Gasteiger partial charge in [-0.15, -0.1) is 0 Å². The molecule has 0 aromatic heterocycles. The Morgan fingerprint density at radius 2 is 1.38 bits per heavy atom. The quantitative estimate of drug-likeness (QED) is 0.319. The van der Waals surface area contributed by atoms with Gasteiger partial charge in [0.25, 0.3) is 0 Å². The molecule has 1 fully saturated rings. The van der Waals surface area contributed by atoms with Gasteiger partial charge in [0.2, 0.25) is 0 Å². The molecule has 3 nitrogen and oxygen atoms in total. The van der Waals surface area contributed by atoms with Gasteiger partial charge in [-0.2, -0.15) is 0 Å².